The van der Waals surface area contributed by atoms with Crippen molar-refractivity contribution in [3.05, 3.63) is 21.9 Å². The highest BCUT2D eigenvalue weighted by atomic mass is 127. The van der Waals surface area contributed by atoms with Crippen LogP contribution in [0.25, 0.3) is 0 Å². The Bertz CT molecular complexity index is 556. The molecule has 1 aliphatic heterocycles. The molecule has 2 heterocycles. The van der Waals surface area contributed by atoms with Gasteiger partial charge in [0, 0.05) is 31.1 Å². The van der Waals surface area contributed by atoms with E-state index < -0.39 is 0 Å². The van der Waals surface area contributed by atoms with Gasteiger partial charge in [0.1, 0.15) is 6.54 Å². The fourth-order valence-electron chi connectivity index (χ4n) is 2.61. The van der Waals surface area contributed by atoms with Gasteiger partial charge in [-0.25, -0.2) is 4.99 Å². The number of hydrogen-bond acceptors (Lipinski definition) is 3. The lowest BCUT2D eigenvalue weighted by atomic mass is 10.1. The zero-order valence-electron chi connectivity index (χ0n) is 13.5. The standard InChI is InChI=1S/C16H24N4OS.HI/c1-2-17-16(18-9-12-3-4-12)19-10-15(21)20-7-5-14-13(11-20)6-8-22-14;/h6,8,12H,2-5,7,9-11H2,1H3,(H2,17,18,19);1H. The number of nitrogens with one attached hydrogen (secondary N) is 2. The summed E-state index contributed by atoms with van der Waals surface area (Å²) in [5, 5.41) is 8.64. The lowest BCUT2D eigenvalue weighted by Gasteiger charge is -2.26. The van der Waals surface area contributed by atoms with Gasteiger partial charge in [0.2, 0.25) is 5.91 Å². The van der Waals surface area contributed by atoms with E-state index in [1.165, 1.54) is 23.3 Å². The number of thiophene rings is 1. The van der Waals surface area contributed by atoms with Crippen LogP contribution >= 0.6 is 35.3 Å². The molecule has 23 heavy (non-hydrogen) atoms. The molecule has 2 N–H and O–H groups in total. The van der Waals surface area contributed by atoms with Crippen LogP contribution in [0.5, 0.6) is 0 Å². The third-order valence-corrected chi connectivity index (χ3v) is 5.16. The number of carbonyl (C=O) groups excluding carboxylic acids is 1. The van der Waals surface area contributed by atoms with Gasteiger partial charge in [-0.3, -0.25) is 4.79 Å². The lowest BCUT2D eigenvalue weighted by molar-refractivity contribution is -0.130. The summed E-state index contributed by atoms with van der Waals surface area (Å²) in [4.78, 5) is 20.1. The molecule has 5 nitrogen and oxygen atoms in total. The minimum absolute atomic E-state index is 0. The van der Waals surface area contributed by atoms with Crippen LogP contribution in [0.2, 0.25) is 0 Å². The van der Waals surface area contributed by atoms with E-state index >= 15 is 0 Å². The first kappa shape index (κ1) is 18.5. The van der Waals surface area contributed by atoms with E-state index in [9.17, 15) is 4.79 Å². The molecule has 1 aromatic rings. The summed E-state index contributed by atoms with van der Waals surface area (Å²) < 4.78 is 0. The van der Waals surface area contributed by atoms with Crippen molar-refractivity contribution < 1.29 is 4.79 Å². The Morgan fingerprint density at radius 1 is 1.43 bits per heavy atom. The molecular weight excluding hydrogens is 423 g/mol. The molecule has 128 valence electrons. The summed E-state index contributed by atoms with van der Waals surface area (Å²) in [6, 6.07) is 2.13. The summed E-state index contributed by atoms with van der Waals surface area (Å²) in [5.41, 5.74) is 1.30. The molecule has 0 spiro atoms. The second-order valence-corrected chi connectivity index (χ2v) is 6.95. The number of nitrogens with zero attached hydrogens (tertiary/aromatic N) is 2. The van der Waals surface area contributed by atoms with Crippen molar-refractivity contribution in [2.45, 2.75) is 32.7 Å². The first-order valence-electron chi connectivity index (χ1n) is 8.11. The molecule has 1 amide bonds. The molecule has 1 aliphatic carbocycles. The van der Waals surface area contributed by atoms with Gasteiger partial charge in [0.25, 0.3) is 0 Å². The SMILES string of the molecule is CCNC(=NCC(=O)N1CCc2sccc2C1)NCC1CC1.I. The fraction of sp³-hybridized carbons (Fsp3) is 0.625. The quantitative estimate of drug-likeness (QED) is 0.413. The highest BCUT2D eigenvalue weighted by Crippen LogP contribution is 2.27. The van der Waals surface area contributed by atoms with Crippen LogP contribution in [0, 0.1) is 5.92 Å². The van der Waals surface area contributed by atoms with Gasteiger partial charge in [-0.2, -0.15) is 0 Å². The van der Waals surface area contributed by atoms with Crippen molar-refractivity contribution in [2.24, 2.45) is 10.9 Å². The molecule has 0 atom stereocenters. The summed E-state index contributed by atoms with van der Waals surface area (Å²) >= 11 is 1.79. The van der Waals surface area contributed by atoms with Gasteiger partial charge in [-0.05, 0) is 49.1 Å². The monoisotopic (exact) mass is 448 g/mol. The predicted octanol–water partition coefficient (Wildman–Crippen LogP) is 2.22. The van der Waals surface area contributed by atoms with E-state index in [1.807, 2.05) is 11.8 Å². The van der Waals surface area contributed by atoms with E-state index in [4.69, 9.17) is 0 Å². The molecule has 7 heteroatoms. The maximum atomic E-state index is 12.4. The largest absolute Gasteiger partial charge is 0.357 e. The molecule has 1 saturated carbocycles. The van der Waals surface area contributed by atoms with E-state index in [0.717, 1.165) is 44.5 Å². The average Bonchev–Trinajstić information content (AvgIpc) is 3.24. The van der Waals surface area contributed by atoms with Crippen LogP contribution in [0.1, 0.15) is 30.2 Å². The second kappa shape index (κ2) is 8.86. The number of aliphatic imine (C=N–C) groups is 1. The normalized spacial score (nSPS) is 17.3. The Morgan fingerprint density at radius 2 is 2.26 bits per heavy atom. The number of carbonyl (C=O) groups is 1. The van der Waals surface area contributed by atoms with Gasteiger partial charge < -0.3 is 15.5 Å². The van der Waals surface area contributed by atoms with E-state index in [1.54, 1.807) is 11.3 Å². The van der Waals surface area contributed by atoms with Crippen LogP contribution in [0.3, 0.4) is 0 Å². The maximum Gasteiger partial charge on any atom is 0.244 e. The highest BCUT2D eigenvalue weighted by Gasteiger charge is 2.22. The highest BCUT2D eigenvalue weighted by molar-refractivity contribution is 14.0. The molecular formula is C16H25IN4OS. The number of fused-ring (bicyclic) bond motifs is 1. The summed E-state index contributed by atoms with van der Waals surface area (Å²) in [6.07, 6.45) is 3.59. The third kappa shape index (κ3) is 5.34. The fourth-order valence-corrected chi connectivity index (χ4v) is 3.50. The third-order valence-electron chi connectivity index (χ3n) is 4.13. The van der Waals surface area contributed by atoms with E-state index in [2.05, 4.69) is 27.1 Å². The van der Waals surface area contributed by atoms with Crippen molar-refractivity contribution in [1.82, 2.24) is 15.5 Å². The molecule has 0 aromatic carbocycles. The Morgan fingerprint density at radius 3 is 3.00 bits per heavy atom. The Balaban J connectivity index is 0.00000192. The van der Waals surface area contributed by atoms with Gasteiger partial charge in [0.15, 0.2) is 5.96 Å². The van der Waals surface area contributed by atoms with Crippen molar-refractivity contribution in [1.29, 1.82) is 0 Å². The first-order chi connectivity index (χ1) is 10.8. The zero-order chi connectivity index (χ0) is 15.4. The molecule has 1 aromatic heterocycles. The number of halogens is 1. The van der Waals surface area contributed by atoms with Crippen molar-refractivity contribution >= 4 is 47.2 Å². The second-order valence-electron chi connectivity index (χ2n) is 5.95. The van der Waals surface area contributed by atoms with E-state index in [-0.39, 0.29) is 36.4 Å². The van der Waals surface area contributed by atoms with E-state index in [0.29, 0.717) is 0 Å². The van der Waals surface area contributed by atoms with Gasteiger partial charge in [0.05, 0.1) is 0 Å². The Labute approximate surface area is 158 Å². The average molecular weight is 448 g/mol. The number of amides is 1. The first-order valence-corrected chi connectivity index (χ1v) is 8.99. The molecule has 2 aliphatic rings. The zero-order valence-corrected chi connectivity index (χ0v) is 16.7. The topological polar surface area (TPSA) is 56.7 Å². The number of hydrogen-bond donors (Lipinski definition) is 2. The van der Waals surface area contributed by atoms with Crippen LogP contribution in [-0.2, 0) is 17.8 Å². The summed E-state index contributed by atoms with van der Waals surface area (Å²) in [5.74, 6) is 1.66. The Kier molecular flexibility index (Phi) is 7.13. The molecule has 0 unspecified atom stereocenters. The van der Waals surface area contributed by atoms with Crippen LogP contribution in [0.15, 0.2) is 16.4 Å². The minimum atomic E-state index is 0. The summed E-state index contributed by atoms with van der Waals surface area (Å²) in [7, 11) is 0. The van der Waals surface area contributed by atoms with Crippen LogP contribution in [-0.4, -0.2) is 42.9 Å². The van der Waals surface area contributed by atoms with Crippen molar-refractivity contribution in [3.63, 3.8) is 0 Å². The van der Waals surface area contributed by atoms with Gasteiger partial charge in [-0.15, -0.1) is 35.3 Å². The lowest BCUT2D eigenvalue weighted by Crippen LogP contribution is -2.40. The van der Waals surface area contributed by atoms with Gasteiger partial charge >= 0.3 is 0 Å². The Hall–Kier alpha value is -0.830. The number of rotatable bonds is 5. The predicted molar refractivity (Wildman–Crippen MR) is 106 cm³/mol. The smallest absolute Gasteiger partial charge is 0.244 e. The minimum Gasteiger partial charge on any atom is -0.357 e. The number of guanidine groups is 1. The van der Waals surface area contributed by atoms with Crippen molar-refractivity contribution in [3.8, 4) is 0 Å². The maximum absolute atomic E-state index is 12.4. The molecule has 1 fully saturated rings. The molecule has 3 rings (SSSR count). The van der Waals surface area contributed by atoms with Crippen molar-refractivity contribution in [2.75, 3.05) is 26.2 Å². The molecule has 0 radical (unpaired) electrons. The van der Waals surface area contributed by atoms with Crippen LogP contribution in [0.4, 0.5) is 0 Å². The van der Waals surface area contributed by atoms with Gasteiger partial charge in [-0.1, -0.05) is 0 Å². The van der Waals surface area contributed by atoms with Crippen LogP contribution < -0.4 is 10.6 Å². The summed E-state index contributed by atoms with van der Waals surface area (Å²) in [6.45, 7) is 5.58. The molecule has 0 saturated heterocycles. The molecule has 0 bridgehead atoms.